The zero-order valence-electron chi connectivity index (χ0n) is 12.2. The van der Waals surface area contributed by atoms with E-state index in [1.807, 2.05) is 48.7 Å². The molecule has 109 valence electrons. The molecule has 0 bridgehead atoms. The van der Waals surface area contributed by atoms with E-state index in [0.717, 1.165) is 28.2 Å². The quantitative estimate of drug-likeness (QED) is 0.583. The summed E-state index contributed by atoms with van der Waals surface area (Å²) >= 11 is 0. The van der Waals surface area contributed by atoms with Crippen LogP contribution in [0.15, 0.2) is 73.4 Å². The van der Waals surface area contributed by atoms with Gasteiger partial charge in [-0.25, -0.2) is 4.68 Å². The molecule has 1 radical (unpaired) electrons. The first kappa shape index (κ1) is 13.3. The van der Waals surface area contributed by atoms with E-state index >= 15 is 0 Å². The Hall–Kier alpha value is -3.34. The van der Waals surface area contributed by atoms with Gasteiger partial charge in [-0.3, -0.25) is 15.0 Å². The van der Waals surface area contributed by atoms with E-state index in [1.54, 1.807) is 29.5 Å². The molecule has 0 N–H and O–H groups in total. The van der Waals surface area contributed by atoms with Crippen LogP contribution in [0.2, 0.25) is 0 Å². The van der Waals surface area contributed by atoms with Gasteiger partial charge >= 0.3 is 0 Å². The van der Waals surface area contributed by atoms with Crippen molar-refractivity contribution < 1.29 is 0 Å². The zero-order chi connectivity index (χ0) is 15.5. The molecule has 4 aromatic rings. The average molecular weight is 298 g/mol. The molecule has 0 aliphatic rings. The van der Waals surface area contributed by atoms with Crippen LogP contribution < -0.4 is 0 Å². The Balaban J connectivity index is 2.01. The maximum atomic E-state index is 4.44. The summed E-state index contributed by atoms with van der Waals surface area (Å²) in [6.07, 6.45) is 12.0. The van der Waals surface area contributed by atoms with Crippen LogP contribution in [0.25, 0.3) is 28.2 Å². The zero-order valence-corrected chi connectivity index (χ0v) is 12.2. The predicted molar refractivity (Wildman–Crippen MR) is 86.7 cm³/mol. The minimum absolute atomic E-state index is 0.789. The van der Waals surface area contributed by atoms with E-state index in [9.17, 15) is 0 Å². The third-order valence-corrected chi connectivity index (χ3v) is 3.46. The van der Waals surface area contributed by atoms with Gasteiger partial charge in [-0.1, -0.05) is 12.1 Å². The van der Waals surface area contributed by atoms with Crippen molar-refractivity contribution in [3.63, 3.8) is 0 Å². The van der Waals surface area contributed by atoms with Gasteiger partial charge in [0.25, 0.3) is 0 Å². The molecule has 0 amide bonds. The maximum absolute atomic E-state index is 4.44. The first-order valence-corrected chi connectivity index (χ1v) is 7.17. The lowest BCUT2D eigenvalue weighted by Gasteiger charge is -2.13. The highest BCUT2D eigenvalue weighted by molar-refractivity contribution is 5.81. The summed E-state index contributed by atoms with van der Waals surface area (Å²) < 4.78 is 1.80. The minimum atomic E-state index is 0.789. The summed E-state index contributed by atoms with van der Waals surface area (Å²) in [5, 5.41) is 4.37. The Labute approximate surface area is 133 Å². The Morgan fingerprint density at radius 2 is 1.61 bits per heavy atom. The molecule has 0 saturated heterocycles. The molecule has 5 nitrogen and oxygen atoms in total. The molecule has 4 rings (SSSR count). The summed E-state index contributed by atoms with van der Waals surface area (Å²) in [7, 11) is 0. The molecule has 0 aromatic carbocycles. The van der Waals surface area contributed by atoms with Crippen molar-refractivity contribution in [1.29, 1.82) is 0 Å². The normalized spacial score (nSPS) is 10.6. The van der Waals surface area contributed by atoms with E-state index in [4.69, 9.17) is 0 Å². The number of pyridine rings is 3. The molecule has 4 aromatic heterocycles. The number of hydrogen-bond acceptors (Lipinski definition) is 4. The topological polar surface area (TPSA) is 56.5 Å². The Kier molecular flexibility index (Phi) is 3.37. The molecule has 0 spiro atoms. The van der Waals surface area contributed by atoms with Crippen LogP contribution in [0, 0.1) is 6.20 Å². The fourth-order valence-electron chi connectivity index (χ4n) is 2.45. The summed E-state index contributed by atoms with van der Waals surface area (Å²) in [5.41, 5.74) is 4.16. The summed E-state index contributed by atoms with van der Waals surface area (Å²) in [5.74, 6) is 0. The third-order valence-electron chi connectivity index (χ3n) is 3.46. The van der Waals surface area contributed by atoms with Crippen molar-refractivity contribution in [1.82, 2.24) is 24.7 Å². The second kappa shape index (κ2) is 5.81. The predicted octanol–water partition coefficient (Wildman–Crippen LogP) is 3.19. The molecular formula is C18H12N5. The van der Waals surface area contributed by atoms with E-state index < -0.39 is 0 Å². The van der Waals surface area contributed by atoms with Crippen molar-refractivity contribution >= 4 is 0 Å². The van der Waals surface area contributed by atoms with E-state index in [-0.39, 0.29) is 0 Å². The molecule has 0 atom stereocenters. The monoisotopic (exact) mass is 298 g/mol. The van der Waals surface area contributed by atoms with E-state index in [2.05, 4.69) is 26.2 Å². The van der Waals surface area contributed by atoms with Gasteiger partial charge in [-0.15, -0.1) is 0 Å². The number of rotatable bonds is 3. The second-order valence-electron chi connectivity index (χ2n) is 4.89. The maximum Gasteiger partial charge on any atom is 0.101 e. The summed E-state index contributed by atoms with van der Waals surface area (Å²) in [6.45, 7) is 0. The lowest BCUT2D eigenvalue weighted by Crippen LogP contribution is -2.03. The molecule has 0 aliphatic heterocycles. The van der Waals surface area contributed by atoms with Crippen LogP contribution in [0.4, 0.5) is 0 Å². The van der Waals surface area contributed by atoms with Gasteiger partial charge in [-0.2, -0.15) is 5.10 Å². The largest absolute Gasteiger partial charge is 0.256 e. The van der Waals surface area contributed by atoms with Gasteiger partial charge in [0.05, 0.1) is 22.6 Å². The first-order valence-electron chi connectivity index (χ1n) is 7.17. The van der Waals surface area contributed by atoms with Crippen molar-refractivity contribution in [3.8, 4) is 28.2 Å². The van der Waals surface area contributed by atoms with Crippen LogP contribution in [0.3, 0.4) is 0 Å². The molecule has 0 saturated carbocycles. The second-order valence-corrected chi connectivity index (χ2v) is 4.89. The van der Waals surface area contributed by atoms with Crippen molar-refractivity contribution in [2.24, 2.45) is 0 Å². The van der Waals surface area contributed by atoms with Gasteiger partial charge in [0.2, 0.25) is 0 Å². The highest BCUT2D eigenvalue weighted by Crippen LogP contribution is 2.31. The van der Waals surface area contributed by atoms with E-state index in [0.29, 0.717) is 0 Å². The molecule has 0 aliphatic carbocycles. The van der Waals surface area contributed by atoms with Crippen molar-refractivity contribution in [2.75, 3.05) is 0 Å². The highest BCUT2D eigenvalue weighted by Gasteiger charge is 2.16. The molecule has 0 unspecified atom stereocenters. The van der Waals surface area contributed by atoms with Crippen molar-refractivity contribution in [3.05, 3.63) is 79.6 Å². The van der Waals surface area contributed by atoms with Gasteiger partial charge in [0.15, 0.2) is 0 Å². The highest BCUT2D eigenvalue weighted by atomic mass is 15.3. The van der Waals surface area contributed by atoms with Gasteiger partial charge in [0.1, 0.15) is 6.20 Å². The number of hydrogen-bond donors (Lipinski definition) is 0. The van der Waals surface area contributed by atoms with Gasteiger partial charge < -0.3 is 0 Å². The molecule has 0 fully saturated rings. The third kappa shape index (κ3) is 2.48. The summed E-state index contributed by atoms with van der Waals surface area (Å²) in [6, 6.07) is 13.4. The standard InChI is InChI=1S/C18H12N5/c1-3-8-20-16(6-1)14-12-19-13-15(17-7-2-4-9-21-17)18(14)23-11-5-10-22-23/h1-12H. The minimum Gasteiger partial charge on any atom is -0.256 e. The molecule has 23 heavy (non-hydrogen) atoms. The van der Waals surface area contributed by atoms with Gasteiger partial charge in [0, 0.05) is 36.5 Å². The molecular weight excluding hydrogens is 286 g/mol. The Bertz CT molecular complexity index is 845. The number of nitrogens with zero attached hydrogens (tertiary/aromatic N) is 5. The first-order chi connectivity index (χ1) is 11.4. The molecule has 5 heteroatoms. The van der Waals surface area contributed by atoms with Crippen molar-refractivity contribution in [2.45, 2.75) is 0 Å². The fourth-order valence-corrected chi connectivity index (χ4v) is 2.45. The Morgan fingerprint density at radius 1 is 0.826 bits per heavy atom. The fraction of sp³-hybridized carbons (Fsp3) is 0. The number of aromatic nitrogens is 5. The van der Waals surface area contributed by atoms with Gasteiger partial charge in [-0.05, 0) is 30.3 Å². The average Bonchev–Trinajstić information content (AvgIpc) is 3.17. The lowest BCUT2D eigenvalue weighted by atomic mass is 10.0. The SMILES string of the molecule is [c]1ncc(-c2ccccn2)c(-n2cccn2)c1-c1ccccn1. The van der Waals surface area contributed by atoms with Crippen LogP contribution in [0.5, 0.6) is 0 Å². The Morgan fingerprint density at radius 3 is 2.26 bits per heavy atom. The van der Waals surface area contributed by atoms with Crippen LogP contribution in [-0.4, -0.2) is 24.7 Å². The van der Waals surface area contributed by atoms with Crippen LogP contribution >= 0.6 is 0 Å². The van der Waals surface area contributed by atoms with Crippen LogP contribution in [-0.2, 0) is 0 Å². The van der Waals surface area contributed by atoms with Crippen LogP contribution in [0.1, 0.15) is 0 Å². The smallest absolute Gasteiger partial charge is 0.101 e. The van der Waals surface area contributed by atoms with E-state index in [1.165, 1.54) is 0 Å². The molecule has 4 heterocycles. The lowest BCUT2D eigenvalue weighted by molar-refractivity contribution is 0.879. The summed E-state index contributed by atoms with van der Waals surface area (Å²) in [4.78, 5) is 13.1.